The molecule has 2 aromatic carbocycles. The molecule has 140 valence electrons. The van der Waals surface area contributed by atoms with Crippen molar-refractivity contribution in [1.29, 1.82) is 0 Å². The number of carbonyl (C=O) groups is 1. The van der Waals surface area contributed by atoms with Gasteiger partial charge in [0, 0.05) is 23.0 Å². The van der Waals surface area contributed by atoms with Gasteiger partial charge >= 0.3 is 0 Å². The third kappa shape index (κ3) is 3.95. The fourth-order valence-corrected chi connectivity index (χ4v) is 3.03. The first-order valence-electron chi connectivity index (χ1n) is 8.66. The van der Waals surface area contributed by atoms with Gasteiger partial charge in [-0.1, -0.05) is 18.2 Å². The summed E-state index contributed by atoms with van der Waals surface area (Å²) in [5, 5.41) is 7.50. The quantitative estimate of drug-likeness (QED) is 0.724. The summed E-state index contributed by atoms with van der Waals surface area (Å²) in [5.41, 5.74) is 4.37. The average Bonchev–Trinajstić information content (AvgIpc) is 2.96. The van der Waals surface area contributed by atoms with E-state index in [4.69, 9.17) is 9.47 Å². The molecule has 1 heterocycles. The highest BCUT2D eigenvalue weighted by Crippen LogP contribution is 2.30. The van der Waals surface area contributed by atoms with Crippen molar-refractivity contribution in [2.24, 2.45) is 0 Å². The van der Waals surface area contributed by atoms with E-state index in [2.05, 4.69) is 10.4 Å². The van der Waals surface area contributed by atoms with E-state index in [0.29, 0.717) is 17.2 Å². The minimum atomic E-state index is -0.110. The van der Waals surface area contributed by atoms with Crippen LogP contribution in [0.15, 0.2) is 48.5 Å². The van der Waals surface area contributed by atoms with Gasteiger partial charge in [-0.3, -0.25) is 4.79 Å². The molecule has 0 spiro atoms. The Morgan fingerprint density at radius 3 is 2.41 bits per heavy atom. The molecule has 27 heavy (non-hydrogen) atoms. The van der Waals surface area contributed by atoms with Gasteiger partial charge in [-0.25, -0.2) is 4.68 Å². The second kappa shape index (κ2) is 7.95. The van der Waals surface area contributed by atoms with Crippen LogP contribution in [0.2, 0.25) is 0 Å². The Kier molecular flexibility index (Phi) is 5.45. The van der Waals surface area contributed by atoms with Gasteiger partial charge in [0.25, 0.3) is 0 Å². The number of hydrogen-bond donors (Lipinski definition) is 1. The van der Waals surface area contributed by atoms with Crippen LogP contribution in [0.25, 0.3) is 5.69 Å². The molecular weight excluding hydrogens is 342 g/mol. The van der Waals surface area contributed by atoms with Gasteiger partial charge in [-0.15, -0.1) is 0 Å². The molecule has 1 N–H and O–H groups in total. The van der Waals surface area contributed by atoms with E-state index in [1.807, 2.05) is 48.9 Å². The van der Waals surface area contributed by atoms with Crippen LogP contribution in [-0.2, 0) is 11.2 Å². The minimum Gasteiger partial charge on any atom is -0.493 e. The van der Waals surface area contributed by atoms with Crippen molar-refractivity contribution < 1.29 is 14.3 Å². The smallest absolute Gasteiger partial charge is 0.228 e. The summed E-state index contributed by atoms with van der Waals surface area (Å²) in [5.74, 6) is 1.08. The summed E-state index contributed by atoms with van der Waals surface area (Å²) in [6, 6.07) is 15.2. The minimum absolute atomic E-state index is 0.110. The van der Waals surface area contributed by atoms with Gasteiger partial charge in [-0.05, 0) is 38.1 Å². The predicted molar refractivity (Wildman–Crippen MR) is 105 cm³/mol. The molecule has 1 aromatic heterocycles. The molecule has 0 bridgehead atoms. The standard InChI is InChI=1S/C21H23N3O3/c1-14-18(15(2)24(23-14)17-8-6-5-7-9-17)13-21(25)22-16-10-11-19(26-3)20(12-16)27-4/h5-12H,13H2,1-4H3,(H,22,25). The molecule has 3 aromatic rings. The maximum Gasteiger partial charge on any atom is 0.228 e. The lowest BCUT2D eigenvalue weighted by molar-refractivity contribution is -0.115. The van der Waals surface area contributed by atoms with Crippen molar-refractivity contribution in [1.82, 2.24) is 9.78 Å². The Morgan fingerprint density at radius 1 is 1.04 bits per heavy atom. The molecule has 6 nitrogen and oxygen atoms in total. The molecule has 1 amide bonds. The number of aryl methyl sites for hydroxylation is 1. The number of nitrogens with zero attached hydrogens (tertiary/aromatic N) is 2. The average molecular weight is 365 g/mol. The Hall–Kier alpha value is -3.28. The fraction of sp³-hybridized carbons (Fsp3) is 0.238. The Balaban J connectivity index is 1.78. The topological polar surface area (TPSA) is 65.4 Å². The first-order valence-corrected chi connectivity index (χ1v) is 8.66. The molecule has 0 aliphatic rings. The zero-order valence-corrected chi connectivity index (χ0v) is 15.9. The van der Waals surface area contributed by atoms with E-state index in [-0.39, 0.29) is 12.3 Å². The molecule has 0 fully saturated rings. The largest absolute Gasteiger partial charge is 0.493 e. The summed E-state index contributed by atoms with van der Waals surface area (Å²) in [6.45, 7) is 3.90. The highest BCUT2D eigenvalue weighted by atomic mass is 16.5. The van der Waals surface area contributed by atoms with E-state index in [1.54, 1.807) is 32.4 Å². The molecule has 0 saturated heterocycles. The lowest BCUT2D eigenvalue weighted by atomic mass is 10.1. The van der Waals surface area contributed by atoms with E-state index in [0.717, 1.165) is 22.6 Å². The summed E-state index contributed by atoms with van der Waals surface area (Å²) in [6.07, 6.45) is 0.249. The number of nitrogens with one attached hydrogen (secondary N) is 1. The van der Waals surface area contributed by atoms with Crippen molar-refractivity contribution >= 4 is 11.6 Å². The SMILES string of the molecule is COc1ccc(NC(=O)Cc2c(C)nn(-c3ccccc3)c2C)cc1OC. The first kappa shape index (κ1) is 18.5. The van der Waals surface area contributed by atoms with Crippen LogP contribution in [0, 0.1) is 13.8 Å². The third-order valence-electron chi connectivity index (χ3n) is 4.45. The van der Waals surface area contributed by atoms with Crippen LogP contribution in [0.3, 0.4) is 0 Å². The highest BCUT2D eigenvalue weighted by molar-refractivity contribution is 5.92. The molecular formula is C21H23N3O3. The molecule has 0 unspecified atom stereocenters. The molecule has 0 saturated carbocycles. The number of para-hydroxylation sites is 1. The van der Waals surface area contributed by atoms with Crippen LogP contribution in [0.5, 0.6) is 11.5 Å². The number of rotatable bonds is 6. The fourth-order valence-electron chi connectivity index (χ4n) is 3.03. The Morgan fingerprint density at radius 2 is 1.74 bits per heavy atom. The summed E-state index contributed by atoms with van der Waals surface area (Å²) in [4.78, 5) is 12.6. The number of amides is 1. The third-order valence-corrected chi connectivity index (χ3v) is 4.45. The van der Waals surface area contributed by atoms with Crippen LogP contribution in [0.4, 0.5) is 5.69 Å². The molecule has 0 aliphatic carbocycles. The predicted octanol–water partition coefficient (Wildman–Crippen LogP) is 3.69. The number of ether oxygens (including phenoxy) is 2. The number of methoxy groups -OCH3 is 2. The zero-order valence-electron chi connectivity index (χ0n) is 15.9. The molecule has 0 radical (unpaired) electrons. The van der Waals surface area contributed by atoms with Crippen molar-refractivity contribution in [3.8, 4) is 17.2 Å². The highest BCUT2D eigenvalue weighted by Gasteiger charge is 2.16. The zero-order chi connectivity index (χ0) is 19.4. The van der Waals surface area contributed by atoms with Gasteiger partial charge < -0.3 is 14.8 Å². The van der Waals surface area contributed by atoms with Crippen molar-refractivity contribution in [2.75, 3.05) is 19.5 Å². The second-order valence-electron chi connectivity index (χ2n) is 6.19. The lowest BCUT2D eigenvalue weighted by Gasteiger charge is -2.11. The lowest BCUT2D eigenvalue weighted by Crippen LogP contribution is -2.15. The van der Waals surface area contributed by atoms with Crippen LogP contribution < -0.4 is 14.8 Å². The van der Waals surface area contributed by atoms with Crippen molar-refractivity contribution in [3.63, 3.8) is 0 Å². The van der Waals surface area contributed by atoms with Gasteiger partial charge in [0.05, 0.1) is 32.0 Å². The maximum atomic E-state index is 12.6. The molecule has 0 atom stereocenters. The summed E-state index contributed by atoms with van der Waals surface area (Å²) >= 11 is 0. The monoisotopic (exact) mass is 365 g/mol. The molecule has 0 aliphatic heterocycles. The summed E-state index contributed by atoms with van der Waals surface area (Å²) < 4.78 is 12.4. The molecule has 6 heteroatoms. The van der Waals surface area contributed by atoms with E-state index >= 15 is 0 Å². The van der Waals surface area contributed by atoms with Gasteiger partial charge in [-0.2, -0.15) is 5.10 Å². The number of hydrogen-bond acceptors (Lipinski definition) is 4. The number of anilines is 1. The Labute approximate surface area is 158 Å². The summed E-state index contributed by atoms with van der Waals surface area (Å²) in [7, 11) is 3.14. The van der Waals surface area contributed by atoms with Gasteiger partial charge in [0.15, 0.2) is 11.5 Å². The van der Waals surface area contributed by atoms with E-state index in [1.165, 1.54) is 0 Å². The number of carbonyl (C=O) groups excluding carboxylic acids is 1. The van der Waals surface area contributed by atoms with Crippen molar-refractivity contribution in [3.05, 3.63) is 65.5 Å². The van der Waals surface area contributed by atoms with Gasteiger partial charge in [0.1, 0.15) is 0 Å². The van der Waals surface area contributed by atoms with E-state index < -0.39 is 0 Å². The van der Waals surface area contributed by atoms with Crippen LogP contribution in [-0.4, -0.2) is 29.9 Å². The second-order valence-corrected chi connectivity index (χ2v) is 6.19. The normalized spacial score (nSPS) is 10.5. The maximum absolute atomic E-state index is 12.6. The number of benzene rings is 2. The van der Waals surface area contributed by atoms with Crippen molar-refractivity contribution in [2.45, 2.75) is 20.3 Å². The van der Waals surface area contributed by atoms with Crippen LogP contribution in [0.1, 0.15) is 17.0 Å². The first-order chi connectivity index (χ1) is 13.0. The molecule has 3 rings (SSSR count). The van der Waals surface area contributed by atoms with Crippen LogP contribution >= 0.6 is 0 Å². The number of aromatic nitrogens is 2. The van der Waals surface area contributed by atoms with Gasteiger partial charge in [0.2, 0.25) is 5.91 Å². The van der Waals surface area contributed by atoms with E-state index in [9.17, 15) is 4.79 Å². The Bertz CT molecular complexity index is 949.